The van der Waals surface area contributed by atoms with Crippen molar-refractivity contribution in [3.05, 3.63) is 39.9 Å². The monoisotopic (exact) mass is 297 g/mol. The number of nitrogens with one attached hydrogen (secondary N) is 1. The molecule has 0 saturated heterocycles. The molecular weight excluding hydrogens is 286 g/mol. The number of rotatable bonds is 4. The van der Waals surface area contributed by atoms with Crippen LogP contribution in [0.2, 0.25) is 0 Å². The lowest BCUT2D eigenvalue weighted by Crippen LogP contribution is -2.12. The van der Waals surface area contributed by atoms with Crippen LogP contribution in [0, 0.1) is 22.7 Å². The van der Waals surface area contributed by atoms with Gasteiger partial charge in [0.2, 0.25) is 0 Å². The van der Waals surface area contributed by atoms with E-state index in [0.717, 1.165) is 18.0 Å². The van der Waals surface area contributed by atoms with E-state index in [1.54, 1.807) is 6.07 Å². The second-order valence-corrected chi connectivity index (χ2v) is 4.99. The average molecular weight is 297 g/mol. The van der Waals surface area contributed by atoms with Crippen LogP contribution in [0.1, 0.15) is 39.8 Å². The zero-order valence-electron chi connectivity index (χ0n) is 11.3. The standard InChI is InChI=1S/C14H11N5OS/c1-2-3-12-13(21-19-18-12)14(20)17-11-5-4-9(7-15)10(6-11)8-16/h4-6H,2-3H2,1H3,(H,17,20). The lowest BCUT2D eigenvalue weighted by atomic mass is 10.1. The summed E-state index contributed by atoms with van der Waals surface area (Å²) >= 11 is 1.04. The van der Waals surface area contributed by atoms with Crippen LogP contribution in [0.15, 0.2) is 18.2 Å². The van der Waals surface area contributed by atoms with E-state index in [1.807, 2.05) is 19.1 Å². The Morgan fingerprint density at radius 1 is 1.33 bits per heavy atom. The molecule has 1 amide bonds. The summed E-state index contributed by atoms with van der Waals surface area (Å²) in [5, 5.41) is 24.5. The summed E-state index contributed by atoms with van der Waals surface area (Å²) < 4.78 is 3.80. The maximum atomic E-state index is 12.2. The van der Waals surface area contributed by atoms with Crippen molar-refractivity contribution in [2.75, 3.05) is 5.32 Å². The number of hydrogen-bond donors (Lipinski definition) is 1. The van der Waals surface area contributed by atoms with E-state index in [2.05, 4.69) is 14.9 Å². The molecule has 6 nitrogen and oxygen atoms in total. The molecule has 0 aliphatic heterocycles. The molecule has 2 aromatic rings. The van der Waals surface area contributed by atoms with Crippen LogP contribution in [-0.2, 0) is 6.42 Å². The molecule has 0 unspecified atom stereocenters. The molecule has 1 N–H and O–H groups in total. The normalized spacial score (nSPS) is 9.67. The van der Waals surface area contributed by atoms with Crippen LogP contribution in [0.3, 0.4) is 0 Å². The van der Waals surface area contributed by atoms with Crippen molar-refractivity contribution in [2.45, 2.75) is 19.8 Å². The molecule has 2 rings (SSSR count). The van der Waals surface area contributed by atoms with Crippen LogP contribution in [0.25, 0.3) is 0 Å². The van der Waals surface area contributed by atoms with Gasteiger partial charge >= 0.3 is 0 Å². The summed E-state index contributed by atoms with van der Waals surface area (Å²) in [7, 11) is 0. The van der Waals surface area contributed by atoms with Crippen molar-refractivity contribution >= 4 is 23.1 Å². The molecule has 21 heavy (non-hydrogen) atoms. The van der Waals surface area contributed by atoms with Gasteiger partial charge in [-0.1, -0.05) is 17.8 Å². The minimum atomic E-state index is -0.304. The molecular formula is C14H11N5OS. The number of nitrogens with zero attached hydrogens (tertiary/aromatic N) is 4. The van der Waals surface area contributed by atoms with Gasteiger partial charge in [0.15, 0.2) is 0 Å². The highest BCUT2D eigenvalue weighted by Crippen LogP contribution is 2.18. The molecule has 1 aromatic heterocycles. The molecule has 104 valence electrons. The van der Waals surface area contributed by atoms with E-state index < -0.39 is 0 Å². The highest BCUT2D eigenvalue weighted by molar-refractivity contribution is 7.08. The van der Waals surface area contributed by atoms with Gasteiger partial charge in [0, 0.05) is 5.69 Å². The number of carbonyl (C=O) groups is 1. The maximum Gasteiger partial charge on any atom is 0.269 e. The SMILES string of the molecule is CCCc1nnsc1C(=O)Nc1ccc(C#N)c(C#N)c1. The second-order valence-electron chi connectivity index (χ2n) is 4.24. The van der Waals surface area contributed by atoms with Crippen LogP contribution in [-0.4, -0.2) is 15.5 Å². The molecule has 1 aromatic carbocycles. The van der Waals surface area contributed by atoms with Crippen molar-refractivity contribution in [1.29, 1.82) is 10.5 Å². The molecule has 0 spiro atoms. The highest BCUT2D eigenvalue weighted by atomic mass is 32.1. The largest absolute Gasteiger partial charge is 0.321 e. The molecule has 0 atom stereocenters. The van der Waals surface area contributed by atoms with Crippen LogP contribution in [0.4, 0.5) is 5.69 Å². The molecule has 1 heterocycles. The van der Waals surface area contributed by atoms with E-state index in [-0.39, 0.29) is 17.0 Å². The summed E-state index contributed by atoms with van der Waals surface area (Å²) in [6.07, 6.45) is 1.57. The average Bonchev–Trinajstić information content (AvgIpc) is 2.96. The Hall–Kier alpha value is -2.77. The Morgan fingerprint density at radius 3 is 2.76 bits per heavy atom. The zero-order chi connectivity index (χ0) is 15.2. The summed E-state index contributed by atoms with van der Waals surface area (Å²) in [6, 6.07) is 8.43. The highest BCUT2D eigenvalue weighted by Gasteiger charge is 2.16. The van der Waals surface area contributed by atoms with Gasteiger partial charge in [-0.05, 0) is 36.2 Å². The van der Waals surface area contributed by atoms with Crippen molar-refractivity contribution in [3.8, 4) is 12.1 Å². The molecule has 7 heteroatoms. The van der Waals surface area contributed by atoms with E-state index in [9.17, 15) is 4.79 Å². The molecule has 0 radical (unpaired) electrons. The van der Waals surface area contributed by atoms with Crippen LogP contribution in [0.5, 0.6) is 0 Å². The third kappa shape index (κ3) is 3.22. The second kappa shape index (κ2) is 6.60. The van der Waals surface area contributed by atoms with Crippen molar-refractivity contribution in [3.63, 3.8) is 0 Å². The number of anilines is 1. The Morgan fingerprint density at radius 2 is 2.10 bits per heavy atom. The lowest BCUT2D eigenvalue weighted by molar-refractivity contribution is 0.102. The number of benzene rings is 1. The van der Waals surface area contributed by atoms with Gasteiger partial charge in [-0.3, -0.25) is 4.79 Å². The number of nitriles is 2. The van der Waals surface area contributed by atoms with Crippen LogP contribution < -0.4 is 5.32 Å². The van der Waals surface area contributed by atoms with Gasteiger partial charge in [-0.15, -0.1) is 5.10 Å². The van der Waals surface area contributed by atoms with E-state index >= 15 is 0 Å². The first kappa shape index (κ1) is 14.6. The zero-order valence-corrected chi connectivity index (χ0v) is 12.1. The first-order valence-corrected chi connectivity index (χ1v) is 7.03. The Labute approximate surface area is 125 Å². The third-order valence-corrected chi connectivity index (χ3v) is 3.53. The minimum Gasteiger partial charge on any atom is -0.321 e. The fourth-order valence-corrected chi connectivity index (χ4v) is 2.38. The summed E-state index contributed by atoms with van der Waals surface area (Å²) in [4.78, 5) is 12.7. The first-order valence-electron chi connectivity index (χ1n) is 6.26. The molecule has 0 saturated carbocycles. The lowest BCUT2D eigenvalue weighted by Gasteiger charge is -2.05. The Kier molecular flexibility index (Phi) is 4.60. The maximum absolute atomic E-state index is 12.2. The Bertz CT molecular complexity index is 753. The third-order valence-electron chi connectivity index (χ3n) is 2.77. The number of aromatic nitrogens is 2. The quantitative estimate of drug-likeness (QED) is 0.933. The van der Waals surface area contributed by atoms with E-state index in [1.165, 1.54) is 12.1 Å². The van der Waals surface area contributed by atoms with Crippen molar-refractivity contribution < 1.29 is 4.79 Å². The van der Waals surface area contributed by atoms with Gasteiger partial charge in [0.25, 0.3) is 5.91 Å². The number of amides is 1. The smallest absolute Gasteiger partial charge is 0.269 e. The van der Waals surface area contributed by atoms with Gasteiger partial charge in [0.05, 0.1) is 16.8 Å². The molecule has 0 aliphatic carbocycles. The predicted molar refractivity (Wildman–Crippen MR) is 77.7 cm³/mol. The summed E-state index contributed by atoms with van der Waals surface area (Å²) in [5.74, 6) is -0.304. The number of hydrogen-bond acceptors (Lipinski definition) is 6. The molecule has 0 aliphatic rings. The summed E-state index contributed by atoms with van der Waals surface area (Å²) in [5.41, 5.74) is 1.65. The van der Waals surface area contributed by atoms with Gasteiger partial charge in [0.1, 0.15) is 17.0 Å². The summed E-state index contributed by atoms with van der Waals surface area (Å²) in [6.45, 7) is 2.00. The van der Waals surface area contributed by atoms with Gasteiger partial charge in [-0.25, -0.2) is 0 Å². The van der Waals surface area contributed by atoms with Crippen molar-refractivity contribution in [2.24, 2.45) is 0 Å². The fourth-order valence-electron chi connectivity index (χ4n) is 1.78. The minimum absolute atomic E-state index is 0.228. The van der Waals surface area contributed by atoms with Gasteiger partial charge < -0.3 is 5.32 Å². The van der Waals surface area contributed by atoms with Gasteiger partial charge in [-0.2, -0.15) is 10.5 Å². The number of aryl methyl sites for hydroxylation is 1. The first-order chi connectivity index (χ1) is 10.2. The number of carbonyl (C=O) groups excluding carboxylic acids is 1. The Balaban J connectivity index is 2.22. The fraction of sp³-hybridized carbons (Fsp3) is 0.214. The predicted octanol–water partition coefficient (Wildman–Crippen LogP) is 2.49. The topological polar surface area (TPSA) is 102 Å². The molecule has 0 bridgehead atoms. The van der Waals surface area contributed by atoms with Crippen molar-refractivity contribution in [1.82, 2.24) is 9.59 Å². The molecule has 0 fully saturated rings. The van der Waals surface area contributed by atoms with E-state index in [4.69, 9.17) is 10.5 Å². The van der Waals surface area contributed by atoms with E-state index in [0.29, 0.717) is 22.7 Å². The van der Waals surface area contributed by atoms with Crippen LogP contribution >= 0.6 is 11.5 Å².